The van der Waals surface area contributed by atoms with Crippen LogP contribution in [0, 0.1) is 0 Å². The molecule has 9 rings (SSSR count). The average molecular weight is 415 g/mol. The topological polar surface area (TPSA) is 4.93 Å². The van der Waals surface area contributed by atoms with Gasteiger partial charge in [-0.3, -0.25) is 0 Å². The number of fused-ring (bicyclic) bond motifs is 10. The molecule has 3 heterocycles. The van der Waals surface area contributed by atoms with Gasteiger partial charge in [-0.05, 0) is 50.9 Å². The Hall–Kier alpha value is -4.04. The minimum absolute atomic E-state index is 0.275. The number of hydrogen-bond donors (Lipinski definition) is 0. The standard InChI is InChI=1S/C31H18BN/c1-2-10-20-18(8-1)21-11-5-14-24-29(21)28(20)23-13-7-17-27-30(23)32(24)25-15-6-12-22-19-9-3-4-16-26(19)33(27)31(22)25/h1-17,28H. The van der Waals surface area contributed by atoms with E-state index < -0.39 is 0 Å². The Morgan fingerprint density at radius 3 is 2.30 bits per heavy atom. The fourth-order valence-electron chi connectivity index (χ4n) is 7.20. The summed E-state index contributed by atoms with van der Waals surface area (Å²) in [5.41, 5.74) is 15.7. The molecule has 0 radical (unpaired) electrons. The van der Waals surface area contributed by atoms with E-state index in [4.69, 9.17) is 0 Å². The second-order valence-corrected chi connectivity index (χ2v) is 9.64. The van der Waals surface area contributed by atoms with Gasteiger partial charge in [0.05, 0.1) is 5.52 Å². The summed E-state index contributed by atoms with van der Waals surface area (Å²) in [4.78, 5) is 0. The first-order valence-corrected chi connectivity index (χ1v) is 11.8. The summed E-state index contributed by atoms with van der Waals surface area (Å²) in [6.07, 6.45) is 0. The number of para-hydroxylation sites is 2. The maximum absolute atomic E-state index is 2.53. The highest BCUT2D eigenvalue weighted by Crippen LogP contribution is 2.49. The Morgan fingerprint density at radius 2 is 1.30 bits per heavy atom. The molecule has 0 spiro atoms. The van der Waals surface area contributed by atoms with Gasteiger partial charge in [-0.2, -0.15) is 0 Å². The highest BCUT2D eigenvalue weighted by molar-refractivity contribution is 6.99. The molecular formula is C31H18BN. The van der Waals surface area contributed by atoms with E-state index in [0.29, 0.717) is 5.92 Å². The van der Waals surface area contributed by atoms with Gasteiger partial charge in [0, 0.05) is 27.9 Å². The molecule has 1 atom stereocenters. The molecule has 150 valence electrons. The quantitative estimate of drug-likeness (QED) is 0.304. The lowest BCUT2D eigenvalue weighted by Gasteiger charge is -2.36. The minimum atomic E-state index is 0.275. The van der Waals surface area contributed by atoms with Crippen LogP contribution in [0.2, 0.25) is 0 Å². The van der Waals surface area contributed by atoms with Crippen LogP contribution in [0.1, 0.15) is 22.6 Å². The first kappa shape index (κ1) is 16.6. The third-order valence-corrected chi connectivity index (χ3v) is 8.30. The molecule has 1 nitrogen and oxygen atoms in total. The third-order valence-electron chi connectivity index (χ3n) is 8.30. The Bertz CT molecular complexity index is 1840. The van der Waals surface area contributed by atoms with Crippen LogP contribution in [-0.2, 0) is 0 Å². The van der Waals surface area contributed by atoms with Crippen LogP contribution in [0.25, 0.3) is 38.6 Å². The zero-order valence-corrected chi connectivity index (χ0v) is 17.9. The number of rotatable bonds is 0. The average Bonchev–Trinajstić information content (AvgIpc) is 3.39. The maximum atomic E-state index is 2.53. The summed E-state index contributed by atoms with van der Waals surface area (Å²) < 4.78 is 2.53. The third kappa shape index (κ3) is 1.74. The van der Waals surface area contributed by atoms with Gasteiger partial charge >= 0.3 is 0 Å². The molecule has 1 unspecified atom stereocenters. The smallest absolute Gasteiger partial charge is 0.247 e. The lowest BCUT2D eigenvalue weighted by Crippen LogP contribution is -2.60. The van der Waals surface area contributed by atoms with Crippen molar-refractivity contribution in [3.63, 3.8) is 0 Å². The van der Waals surface area contributed by atoms with Crippen molar-refractivity contribution in [1.82, 2.24) is 4.57 Å². The maximum Gasteiger partial charge on any atom is 0.247 e. The van der Waals surface area contributed by atoms with E-state index in [0.717, 1.165) is 0 Å². The van der Waals surface area contributed by atoms with Crippen molar-refractivity contribution in [3.8, 4) is 16.8 Å². The molecule has 3 aliphatic rings. The highest BCUT2D eigenvalue weighted by atomic mass is 15.0. The van der Waals surface area contributed by atoms with Gasteiger partial charge in [0.25, 0.3) is 0 Å². The van der Waals surface area contributed by atoms with Crippen LogP contribution in [0.15, 0.2) is 103 Å². The van der Waals surface area contributed by atoms with Crippen molar-refractivity contribution in [3.05, 3.63) is 120 Å². The zero-order valence-electron chi connectivity index (χ0n) is 17.9. The molecule has 0 saturated heterocycles. The van der Waals surface area contributed by atoms with E-state index in [-0.39, 0.29) is 6.71 Å². The molecule has 2 heteroatoms. The summed E-state index contributed by atoms with van der Waals surface area (Å²) in [5.74, 6) is 0.321. The Labute approximate surface area is 192 Å². The number of hydrogen-bond acceptors (Lipinski definition) is 0. The van der Waals surface area contributed by atoms with Crippen molar-refractivity contribution in [1.29, 1.82) is 0 Å². The first-order chi connectivity index (χ1) is 16.4. The summed E-state index contributed by atoms with van der Waals surface area (Å²) in [6, 6.07) is 38.8. The Balaban J connectivity index is 1.53. The minimum Gasteiger partial charge on any atom is -0.310 e. The second-order valence-electron chi connectivity index (χ2n) is 9.64. The Kier molecular flexibility index (Phi) is 2.75. The summed E-state index contributed by atoms with van der Waals surface area (Å²) in [7, 11) is 0. The lowest BCUT2D eigenvalue weighted by molar-refractivity contribution is 1.02. The van der Waals surface area contributed by atoms with Crippen LogP contribution in [0.3, 0.4) is 0 Å². The molecular weight excluding hydrogens is 397 g/mol. The normalized spacial score (nSPS) is 16.1. The zero-order chi connectivity index (χ0) is 21.3. The first-order valence-electron chi connectivity index (χ1n) is 11.8. The van der Waals surface area contributed by atoms with E-state index >= 15 is 0 Å². The van der Waals surface area contributed by atoms with Crippen LogP contribution < -0.4 is 16.4 Å². The molecule has 1 aromatic heterocycles. The van der Waals surface area contributed by atoms with Crippen molar-refractivity contribution in [2.24, 2.45) is 0 Å². The number of nitrogens with zero attached hydrogens (tertiary/aromatic N) is 1. The number of aromatic nitrogens is 1. The lowest BCUT2D eigenvalue weighted by atomic mass is 9.31. The van der Waals surface area contributed by atoms with Crippen LogP contribution in [-0.4, -0.2) is 11.3 Å². The Morgan fingerprint density at radius 1 is 0.576 bits per heavy atom. The highest BCUT2D eigenvalue weighted by Gasteiger charge is 2.45. The molecule has 33 heavy (non-hydrogen) atoms. The monoisotopic (exact) mass is 415 g/mol. The van der Waals surface area contributed by atoms with Crippen molar-refractivity contribution in [2.45, 2.75) is 5.92 Å². The van der Waals surface area contributed by atoms with Gasteiger partial charge in [0.2, 0.25) is 6.71 Å². The van der Waals surface area contributed by atoms with Crippen molar-refractivity contribution < 1.29 is 0 Å². The molecule has 0 bridgehead atoms. The molecule has 0 saturated carbocycles. The predicted molar refractivity (Wildman–Crippen MR) is 138 cm³/mol. The largest absolute Gasteiger partial charge is 0.310 e. The van der Waals surface area contributed by atoms with E-state index in [2.05, 4.69) is 108 Å². The van der Waals surface area contributed by atoms with E-state index in [1.807, 2.05) is 0 Å². The van der Waals surface area contributed by atoms with Gasteiger partial charge in [0.1, 0.15) is 0 Å². The summed E-state index contributed by atoms with van der Waals surface area (Å²) in [5, 5.41) is 2.70. The van der Waals surface area contributed by atoms with Crippen LogP contribution >= 0.6 is 0 Å². The van der Waals surface area contributed by atoms with Gasteiger partial charge in [-0.25, -0.2) is 0 Å². The SMILES string of the molecule is c1ccc2c(c1)-c1cccc3c1C2c1cccc2c1B3c1cccc3c4ccccc4n-2c13. The summed E-state index contributed by atoms with van der Waals surface area (Å²) >= 11 is 0. The molecule has 0 amide bonds. The predicted octanol–water partition coefficient (Wildman–Crippen LogP) is 5.09. The number of benzene rings is 5. The fourth-order valence-corrected chi connectivity index (χ4v) is 7.20. The van der Waals surface area contributed by atoms with E-state index in [9.17, 15) is 0 Å². The van der Waals surface area contributed by atoms with Gasteiger partial charge in [0.15, 0.2) is 0 Å². The van der Waals surface area contributed by atoms with Crippen molar-refractivity contribution in [2.75, 3.05) is 0 Å². The second kappa shape index (κ2) is 5.47. The molecule has 2 aliphatic heterocycles. The van der Waals surface area contributed by atoms with Gasteiger partial charge < -0.3 is 4.57 Å². The fraction of sp³-hybridized carbons (Fsp3) is 0.0323. The van der Waals surface area contributed by atoms with E-state index in [1.54, 1.807) is 0 Å². The van der Waals surface area contributed by atoms with Gasteiger partial charge in [-0.15, -0.1) is 0 Å². The van der Waals surface area contributed by atoms with Crippen LogP contribution in [0.5, 0.6) is 0 Å². The van der Waals surface area contributed by atoms with Gasteiger partial charge in [-0.1, -0.05) is 96.5 Å². The summed E-state index contributed by atoms with van der Waals surface area (Å²) in [6.45, 7) is 0.275. The van der Waals surface area contributed by atoms with E-state index in [1.165, 1.54) is 71.7 Å². The molecule has 1 aliphatic carbocycles. The molecule has 6 aromatic rings. The van der Waals surface area contributed by atoms with Crippen molar-refractivity contribution >= 4 is 44.9 Å². The molecule has 5 aromatic carbocycles. The van der Waals surface area contributed by atoms with Crippen LogP contribution in [0.4, 0.5) is 0 Å². The molecule has 0 N–H and O–H groups in total. The molecule has 0 fully saturated rings.